The van der Waals surface area contributed by atoms with E-state index in [1.807, 2.05) is 24.3 Å². The van der Waals surface area contributed by atoms with Crippen LogP contribution in [-0.2, 0) is 4.79 Å². The van der Waals surface area contributed by atoms with Crippen LogP contribution in [0, 0.1) is 11.8 Å². The Hall–Kier alpha value is -2.29. The summed E-state index contributed by atoms with van der Waals surface area (Å²) in [6.07, 6.45) is 5.98. The number of nitrogens with one attached hydrogen (secondary N) is 1. The lowest BCUT2D eigenvalue weighted by Crippen LogP contribution is -2.28. The number of amides is 1. The van der Waals surface area contributed by atoms with Crippen molar-refractivity contribution >= 4 is 12.0 Å². The van der Waals surface area contributed by atoms with Gasteiger partial charge in [-0.3, -0.25) is 4.79 Å². The zero-order valence-corrected chi connectivity index (χ0v) is 12.0. The molecule has 21 heavy (non-hydrogen) atoms. The Morgan fingerprint density at radius 1 is 1.29 bits per heavy atom. The van der Waals surface area contributed by atoms with E-state index in [4.69, 9.17) is 4.42 Å². The van der Waals surface area contributed by atoms with Crippen LogP contribution < -0.4 is 5.32 Å². The molecule has 0 saturated heterocycles. The minimum Gasteiger partial charge on any atom is -0.465 e. The van der Waals surface area contributed by atoms with Gasteiger partial charge in [0.1, 0.15) is 5.76 Å². The Morgan fingerprint density at radius 3 is 2.67 bits per heavy atom. The van der Waals surface area contributed by atoms with E-state index >= 15 is 0 Å². The lowest BCUT2D eigenvalue weighted by Gasteiger charge is -2.18. The third-order valence-electron chi connectivity index (χ3n) is 4.00. The molecule has 1 fully saturated rings. The quantitative estimate of drug-likeness (QED) is 0.847. The van der Waals surface area contributed by atoms with Crippen molar-refractivity contribution in [2.75, 3.05) is 0 Å². The predicted octanol–water partition coefficient (Wildman–Crippen LogP) is 3.81. The zero-order valence-electron chi connectivity index (χ0n) is 12.0. The molecule has 1 N–H and O–H groups in total. The highest BCUT2D eigenvalue weighted by molar-refractivity contribution is 5.91. The fraction of sp³-hybridized carbons (Fsp3) is 0.278. The second-order valence-electron chi connectivity index (χ2n) is 5.62. The second kappa shape index (κ2) is 6.00. The van der Waals surface area contributed by atoms with Crippen molar-refractivity contribution in [3.8, 4) is 0 Å². The molecule has 3 nitrogen and oxygen atoms in total. The van der Waals surface area contributed by atoms with Gasteiger partial charge in [-0.2, -0.15) is 0 Å². The maximum absolute atomic E-state index is 12.1. The van der Waals surface area contributed by atoms with Gasteiger partial charge in [0.25, 0.3) is 0 Å². The van der Waals surface area contributed by atoms with E-state index in [0.29, 0.717) is 17.6 Å². The number of benzene rings is 1. The largest absolute Gasteiger partial charge is 0.465 e. The molecule has 0 aliphatic heterocycles. The van der Waals surface area contributed by atoms with Crippen LogP contribution in [-0.4, -0.2) is 5.91 Å². The Kier molecular flexibility index (Phi) is 3.91. The first-order valence-electron chi connectivity index (χ1n) is 7.31. The number of hydrogen-bond acceptors (Lipinski definition) is 2. The Labute approximate surface area is 124 Å². The van der Waals surface area contributed by atoms with E-state index in [1.54, 1.807) is 18.4 Å². The van der Waals surface area contributed by atoms with Crippen LogP contribution in [0.25, 0.3) is 6.08 Å². The summed E-state index contributed by atoms with van der Waals surface area (Å²) in [4.78, 5) is 12.1. The third kappa shape index (κ3) is 3.43. The first-order valence-corrected chi connectivity index (χ1v) is 7.31. The average Bonchev–Trinajstić information content (AvgIpc) is 3.02. The monoisotopic (exact) mass is 281 g/mol. The van der Waals surface area contributed by atoms with Gasteiger partial charge in [0, 0.05) is 6.08 Å². The molecule has 1 aromatic heterocycles. The number of carbonyl (C=O) groups is 1. The van der Waals surface area contributed by atoms with Gasteiger partial charge in [0.15, 0.2) is 0 Å². The molecule has 2 aromatic rings. The Morgan fingerprint density at radius 2 is 2.05 bits per heavy atom. The first kappa shape index (κ1) is 13.7. The topological polar surface area (TPSA) is 42.2 Å². The van der Waals surface area contributed by atoms with Crippen LogP contribution in [0.4, 0.5) is 0 Å². The van der Waals surface area contributed by atoms with Crippen LogP contribution in [0.2, 0.25) is 0 Å². The van der Waals surface area contributed by atoms with Crippen molar-refractivity contribution in [3.05, 3.63) is 66.1 Å². The molecule has 1 heterocycles. The van der Waals surface area contributed by atoms with Crippen LogP contribution >= 0.6 is 0 Å². The van der Waals surface area contributed by atoms with Gasteiger partial charge in [-0.05, 0) is 42.0 Å². The van der Waals surface area contributed by atoms with Crippen molar-refractivity contribution in [2.24, 2.45) is 11.8 Å². The molecule has 0 spiro atoms. The van der Waals surface area contributed by atoms with Gasteiger partial charge in [-0.1, -0.05) is 37.3 Å². The zero-order chi connectivity index (χ0) is 14.7. The van der Waals surface area contributed by atoms with Crippen LogP contribution in [0.15, 0.2) is 59.2 Å². The summed E-state index contributed by atoms with van der Waals surface area (Å²) >= 11 is 0. The molecular formula is C18H19NO2. The highest BCUT2D eigenvalue weighted by atomic mass is 16.3. The van der Waals surface area contributed by atoms with Gasteiger partial charge >= 0.3 is 0 Å². The van der Waals surface area contributed by atoms with Gasteiger partial charge in [-0.25, -0.2) is 0 Å². The lowest BCUT2D eigenvalue weighted by atomic mass is 10.0. The summed E-state index contributed by atoms with van der Waals surface area (Å²) in [7, 11) is 0. The van der Waals surface area contributed by atoms with Crippen molar-refractivity contribution in [1.82, 2.24) is 5.32 Å². The molecular weight excluding hydrogens is 262 g/mol. The molecule has 1 aromatic carbocycles. The van der Waals surface area contributed by atoms with E-state index in [2.05, 4.69) is 24.4 Å². The molecule has 1 aliphatic carbocycles. The highest BCUT2D eigenvalue weighted by Crippen LogP contribution is 2.46. The van der Waals surface area contributed by atoms with Gasteiger partial charge in [0.2, 0.25) is 5.91 Å². The van der Waals surface area contributed by atoms with E-state index < -0.39 is 0 Å². The van der Waals surface area contributed by atoms with Crippen molar-refractivity contribution < 1.29 is 9.21 Å². The smallest absolute Gasteiger partial charge is 0.244 e. The maximum atomic E-state index is 12.1. The molecule has 1 amide bonds. The third-order valence-corrected chi connectivity index (χ3v) is 4.00. The minimum absolute atomic E-state index is 0.0839. The Balaban J connectivity index is 1.69. The van der Waals surface area contributed by atoms with E-state index in [1.165, 1.54) is 18.1 Å². The number of rotatable bonds is 5. The molecule has 3 atom stereocenters. The Bertz CT molecular complexity index is 616. The standard InChI is InChI=1S/C18H19NO2/c1-13-12-16(13)18(14-6-3-2-4-7-14)19-17(20)10-9-15-8-5-11-21-15/h2-11,13,16,18H,12H2,1H3,(H,19,20)/b10-9+. The summed E-state index contributed by atoms with van der Waals surface area (Å²) in [5, 5.41) is 3.12. The SMILES string of the molecule is CC1CC1C(NC(=O)/C=C/c1ccco1)c1ccccc1. The molecule has 0 bridgehead atoms. The van der Waals surface area contributed by atoms with E-state index in [9.17, 15) is 4.79 Å². The first-order chi connectivity index (χ1) is 10.2. The fourth-order valence-electron chi connectivity index (χ4n) is 2.66. The van der Waals surface area contributed by atoms with Crippen molar-refractivity contribution in [3.63, 3.8) is 0 Å². The molecule has 1 aliphatic rings. The van der Waals surface area contributed by atoms with E-state index in [0.717, 1.165) is 0 Å². The minimum atomic E-state index is -0.0839. The average molecular weight is 281 g/mol. The van der Waals surface area contributed by atoms with Gasteiger partial charge in [0.05, 0.1) is 12.3 Å². The molecule has 3 rings (SSSR count). The summed E-state index contributed by atoms with van der Waals surface area (Å²) in [5.41, 5.74) is 1.17. The lowest BCUT2D eigenvalue weighted by molar-refractivity contribution is -0.117. The molecule has 108 valence electrons. The number of furan rings is 1. The van der Waals surface area contributed by atoms with Crippen LogP contribution in [0.1, 0.15) is 30.7 Å². The predicted molar refractivity (Wildman–Crippen MR) is 82.3 cm³/mol. The molecule has 1 saturated carbocycles. The number of hydrogen-bond donors (Lipinski definition) is 1. The molecule has 0 radical (unpaired) electrons. The summed E-state index contributed by atoms with van der Waals surface area (Å²) in [6.45, 7) is 2.23. The van der Waals surface area contributed by atoms with Crippen LogP contribution in [0.5, 0.6) is 0 Å². The van der Waals surface area contributed by atoms with E-state index in [-0.39, 0.29) is 11.9 Å². The summed E-state index contributed by atoms with van der Waals surface area (Å²) in [5.74, 6) is 1.80. The normalized spacial score (nSPS) is 22.1. The van der Waals surface area contributed by atoms with Crippen molar-refractivity contribution in [1.29, 1.82) is 0 Å². The van der Waals surface area contributed by atoms with Crippen molar-refractivity contribution in [2.45, 2.75) is 19.4 Å². The van der Waals surface area contributed by atoms with Gasteiger partial charge < -0.3 is 9.73 Å². The number of carbonyl (C=O) groups excluding carboxylic acids is 1. The molecule has 3 unspecified atom stereocenters. The molecule has 3 heteroatoms. The van der Waals surface area contributed by atoms with Crippen LogP contribution in [0.3, 0.4) is 0 Å². The maximum Gasteiger partial charge on any atom is 0.244 e. The summed E-state index contributed by atoms with van der Waals surface area (Å²) in [6, 6.07) is 13.9. The summed E-state index contributed by atoms with van der Waals surface area (Å²) < 4.78 is 5.18. The van der Waals surface area contributed by atoms with Gasteiger partial charge in [-0.15, -0.1) is 0 Å². The highest BCUT2D eigenvalue weighted by Gasteiger charge is 2.40. The second-order valence-corrected chi connectivity index (χ2v) is 5.62. The fourth-order valence-corrected chi connectivity index (χ4v) is 2.66.